The van der Waals surface area contributed by atoms with Gasteiger partial charge in [0.1, 0.15) is 11.2 Å². The molecule has 3 heteroatoms. The molecule has 9 aromatic rings. The summed E-state index contributed by atoms with van der Waals surface area (Å²) in [5.41, 5.74) is 13.8. The number of hydrogen-bond donors (Lipinski definition) is 0. The number of aromatic nitrogens is 1. The summed E-state index contributed by atoms with van der Waals surface area (Å²) >= 11 is 0. The number of furan rings is 1. The highest BCUT2D eigenvalue weighted by Crippen LogP contribution is 2.53. The van der Waals surface area contributed by atoms with E-state index in [1.807, 2.05) is 0 Å². The molecule has 228 valence electrons. The molecule has 7 aromatic carbocycles. The second-order valence-corrected chi connectivity index (χ2v) is 13.3. The van der Waals surface area contributed by atoms with E-state index in [-0.39, 0.29) is 5.41 Å². The average Bonchev–Trinajstić information content (AvgIpc) is 3.75. The highest BCUT2D eigenvalue weighted by molar-refractivity contribution is 6.25. The Bertz CT molecular complexity index is 2640. The van der Waals surface area contributed by atoms with Crippen LogP contribution in [0.5, 0.6) is 0 Å². The summed E-state index contributed by atoms with van der Waals surface area (Å²) in [6.07, 6.45) is 0. The zero-order valence-electron chi connectivity index (χ0n) is 26.8. The van der Waals surface area contributed by atoms with Gasteiger partial charge in [0.25, 0.3) is 0 Å². The molecule has 0 unspecified atom stereocenters. The van der Waals surface area contributed by atoms with E-state index in [2.05, 4.69) is 181 Å². The van der Waals surface area contributed by atoms with Gasteiger partial charge in [0.15, 0.2) is 0 Å². The van der Waals surface area contributed by atoms with Gasteiger partial charge < -0.3 is 13.9 Å². The summed E-state index contributed by atoms with van der Waals surface area (Å²) in [5.74, 6) is 0. The Labute approximate surface area is 278 Å². The van der Waals surface area contributed by atoms with Gasteiger partial charge in [0, 0.05) is 49.9 Å². The largest absolute Gasteiger partial charge is 0.455 e. The molecule has 0 amide bonds. The Kier molecular flexibility index (Phi) is 5.63. The zero-order valence-corrected chi connectivity index (χ0v) is 26.8. The topological polar surface area (TPSA) is 21.3 Å². The average molecular weight is 617 g/mol. The molecule has 48 heavy (non-hydrogen) atoms. The van der Waals surface area contributed by atoms with Crippen LogP contribution < -0.4 is 4.90 Å². The second kappa shape index (κ2) is 9.97. The summed E-state index contributed by atoms with van der Waals surface area (Å²) in [5, 5.41) is 4.66. The standard InChI is InChI=1S/C45H32N2O/c1-45(2)37-19-11-9-17-35(37)41-38(45)27-25-33-34-26-28-40-42(44(34)48-43(33)41)36-18-10-12-20-39(36)47(40)32-23-21-31(22-24-32)46(29-13-5-3-6-14-29)30-15-7-4-8-16-30/h3-28H,1-2H3. The molecular formula is C45H32N2O. The summed E-state index contributed by atoms with van der Waals surface area (Å²) in [6.45, 7) is 4.64. The van der Waals surface area contributed by atoms with Crippen LogP contribution in [-0.4, -0.2) is 4.57 Å². The Morgan fingerprint density at radius 1 is 0.479 bits per heavy atom. The summed E-state index contributed by atoms with van der Waals surface area (Å²) in [7, 11) is 0. The van der Waals surface area contributed by atoms with Crippen molar-refractivity contribution in [3.8, 4) is 16.8 Å². The number of fused-ring (bicyclic) bond motifs is 11. The fraction of sp³-hybridized carbons (Fsp3) is 0.0667. The van der Waals surface area contributed by atoms with Crippen LogP contribution in [0.2, 0.25) is 0 Å². The first kappa shape index (κ1) is 27.1. The number of benzene rings is 7. The van der Waals surface area contributed by atoms with Gasteiger partial charge in [0.2, 0.25) is 0 Å². The van der Waals surface area contributed by atoms with Gasteiger partial charge in [0.05, 0.1) is 16.4 Å². The van der Waals surface area contributed by atoms with Crippen molar-refractivity contribution >= 4 is 60.8 Å². The zero-order chi connectivity index (χ0) is 32.0. The molecule has 0 fully saturated rings. The van der Waals surface area contributed by atoms with E-state index in [1.54, 1.807) is 0 Å². The van der Waals surface area contributed by atoms with E-state index in [0.29, 0.717) is 0 Å². The van der Waals surface area contributed by atoms with Crippen molar-refractivity contribution in [1.82, 2.24) is 4.57 Å². The Balaban J connectivity index is 1.18. The number of rotatable bonds is 4. The molecule has 2 heterocycles. The Morgan fingerprint density at radius 3 is 1.83 bits per heavy atom. The van der Waals surface area contributed by atoms with Crippen molar-refractivity contribution in [2.45, 2.75) is 19.3 Å². The van der Waals surface area contributed by atoms with Gasteiger partial charge in [-0.3, -0.25) is 0 Å². The fourth-order valence-electron chi connectivity index (χ4n) is 8.16. The highest BCUT2D eigenvalue weighted by atomic mass is 16.3. The van der Waals surface area contributed by atoms with E-state index in [4.69, 9.17) is 4.42 Å². The van der Waals surface area contributed by atoms with Crippen LogP contribution in [0.25, 0.3) is 60.6 Å². The number of anilines is 3. The van der Waals surface area contributed by atoms with Gasteiger partial charge in [-0.2, -0.15) is 0 Å². The predicted molar refractivity (Wildman–Crippen MR) is 200 cm³/mol. The molecular weight excluding hydrogens is 585 g/mol. The number of para-hydroxylation sites is 3. The lowest BCUT2D eigenvalue weighted by Crippen LogP contribution is -2.14. The first-order chi connectivity index (χ1) is 23.6. The van der Waals surface area contributed by atoms with Crippen LogP contribution in [0.3, 0.4) is 0 Å². The molecule has 1 aliphatic rings. The minimum absolute atomic E-state index is 0.0762. The third-order valence-corrected chi connectivity index (χ3v) is 10.4. The van der Waals surface area contributed by atoms with Gasteiger partial charge in [-0.05, 0) is 83.4 Å². The van der Waals surface area contributed by atoms with E-state index >= 15 is 0 Å². The SMILES string of the molecule is CC1(C)c2ccccc2-c2c1ccc1c2oc2c1ccc1c2c2ccccc2n1-c1ccc(N(c2ccccc2)c2ccccc2)cc1. The van der Waals surface area contributed by atoms with Crippen molar-refractivity contribution in [3.63, 3.8) is 0 Å². The molecule has 0 aliphatic heterocycles. The minimum Gasteiger partial charge on any atom is -0.455 e. The van der Waals surface area contributed by atoms with Gasteiger partial charge in [-0.15, -0.1) is 0 Å². The molecule has 0 atom stereocenters. The number of hydrogen-bond acceptors (Lipinski definition) is 2. The predicted octanol–water partition coefficient (Wildman–Crippen LogP) is 12.5. The molecule has 0 saturated heterocycles. The van der Waals surface area contributed by atoms with E-state index < -0.39 is 0 Å². The monoisotopic (exact) mass is 616 g/mol. The van der Waals surface area contributed by atoms with E-state index in [1.165, 1.54) is 33.0 Å². The first-order valence-corrected chi connectivity index (χ1v) is 16.6. The summed E-state index contributed by atoms with van der Waals surface area (Å²) in [6, 6.07) is 56.6. The van der Waals surface area contributed by atoms with Crippen LogP contribution in [0.1, 0.15) is 25.0 Å². The van der Waals surface area contributed by atoms with Crippen molar-refractivity contribution in [3.05, 3.63) is 169 Å². The lowest BCUT2D eigenvalue weighted by molar-refractivity contribution is 0.654. The summed E-state index contributed by atoms with van der Waals surface area (Å²) in [4.78, 5) is 2.30. The third kappa shape index (κ3) is 3.70. The van der Waals surface area contributed by atoms with Crippen LogP contribution in [0.15, 0.2) is 162 Å². The molecule has 3 nitrogen and oxygen atoms in total. The van der Waals surface area contributed by atoms with Crippen LogP contribution >= 0.6 is 0 Å². The first-order valence-electron chi connectivity index (χ1n) is 16.6. The Morgan fingerprint density at radius 2 is 1.08 bits per heavy atom. The quantitative estimate of drug-likeness (QED) is 0.196. The van der Waals surface area contributed by atoms with Crippen molar-refractivity contribution in [1.29, 1.82) is 0 Å². The Hall–Kier alpha value is -6.06. The molecule has 10 rings (SSSR count). The highest BCUT2D eigenvalue weighted by Gasteiger charge is 2.37. The lowest BCUT2D eigenvalue weighted by atomic mass is 9.82. The minimum atomic E-state index is -0.0762. The maximum atomic E-state index is 7.04. The molecule has 1 aliphatic carbocycles. The normalized spacial score (nSPS) is 13.4. The van der Waals surface area contributed by atoms with Crippen LogP contribution in [0, 0.1) is 0 Å². The molecule has 0 N–H and O–H groups in total. The third-order valence-electron chi connectivity index (χ3n) is 10.4. The fourth-order valence-corrected chi connectivity index (χ4v) is 8.16. The van der Waals surface area contributed by atoms with Gasteiger partial charge in [-0.25, -0.2) is 0 Å². The maximum Gasteiger partial charge on any atom is 0.145 e. The van der Waals surface area contributed by atoms with Crippen LogP contribution in [0.4, 0.5) is 17.1 Å². The van der Waals surface area contributed by atoms with E-state index in [9.17, 15) is 0 Å². The molecule has 0 spiro atoms. The van der Waals surface area contributed by atoms with Gasteiger partial charge in [-0.1, -0.05) is 105 Å². The van der Waals surface area contributed by atoms with E-state index in [0.717, 1.165) is 55.7 Å². The maximum absolute atomic E-state index is 7.04. The number of nitrogens with zero attached hydrogens (tertiary/aromatic N) is 2. The lowest BCUT2D eigenvalue weighted by Gasteiger charge is -2.25. The van der Waals surface area contributed by atoms with Crippen LogP contribution in [-0.2, 0) is 5.41 Å². The van der Waals surface area contributed by atoms with Gasteiger partial charge >= 0.3 is 0 Å². The van der Waals surface area contributed by atoms with Crippen molar-refractivity contribution < 1.29 is 4.42 Å². The molecule has 2 aromatic heterocycles. The van der Waals surface area contributed by atoms with Crippen molar-refractivity contribution in [2.24, 2.45) is 0 Å². The summed E-state index contributed by atoms with van der Waals surface area (Å²) < 4.78 is 9.42. The second-order valence-electron chi connectivity index (χ2n) is 13.3. The molecule has 0 radical (unpaired) electrons. The molecule has 0 saturated carbocycles. The molecule has 0 bridgehead atoms. The van der Waals surface area contributed by atoms with Crippen molar-refractivity contribution in [2.75, 3.05) is 4.90 Å². The smallest absolute Gasteiger partial charge is 0.145 e.